The predicted molar refractivity (Wildman–Crippen MR) is 124 cm³/mol. The van der Waals surface area contributed by atoms with Crippen molar-refractivity contribution >= 4 is 35.0 Å². The zero-order valence-corrected chi connectivity index (χ0v) is 18.2. The third-order valence-corrected chi connectivity index (χ3v) is 5.76. The summed E-state index contributed by atoms with van der Waals surface area (Å²) in [5, 5.41) is 22.9. The number of hydrogen-bond acceptors (Lipinski definition) is 5. The molecule has 3 aromatic carbocycles. The molecule has 4 aromatic rings. The Labute approximate surface area is 188 Å². The van der Waals surface area contributed by atoms with Crippen molar-refractivity contribution in [3.63, 3.8) is 0 Å². The Morgan fingerprint density at radius 2 is 1.81 bits per heavy atom. The van der Waals surface area contributed by atoms with Gasteiger partial charge in [-0.1, -0.05) is 59.8 Å². The second-order valence-corrected chi connectivity index (χ2v) is 8.17. The van der Waals surface area contributed by atoms with E-state index in [1.165, 1.54) is 11.8 Å². The number of benzene rings is 3. The molecule has 4 rings (SSSR count). The first-order valence-electron chi connectivity index (χ1n) is 9.51. The lowest BCUT2D eigenvalue weighted by Gasteiger charge is -2.11. The van der Waals surface area contributed by atoms with Crippen molar-refractivity contribution in [1.29, 1.82) is 0 Å². The molecule has 1 aromatic heterocycles. The molecule has 0 bridgehead atoms. The highest BCUT2D eigenvalue weighted by Crippen LogP contribution is 2.32. The molecular formula is C23H19ClN4O2S. The minimum Gasteiger partial charge on any atom is -0.507 e. The summed E-state index contributed by atoms with van der Waals surface area (Å²) in [6, 6.07) is 21.9. The zero-order valence-electron chi connectivity index (χ0n) is 16.6. The van der Waals surface area contributed by atoms with Crippen LogP contribution in [0.3, 0.4) is 0 Å². The number of aromatic nitrogens is 3. The highest BCUT2D eigenvalue weighted by atomic mass is 35.5. The molecule has 6 nitrogen and oxygen atoms in total. The summed E-state index contributed by atoms with van der Waals surface area (Å²) in [6.07, 6.45) is 0. The van der Waals surface area contributed by atoms with E-state index in [0.29, 0.717) is 27.3 Å². The lowest BCUT2D eigenvalue weighted by Crippen LogP contribution is -2.15. The van der Waals surface area contributed by atoms with Crippen molar-refractivity contribution in [1.82, 2.24) is 14.8 Å². The summed E-state index contributed by atoms with van der Waals surface area (Å²) in [5.41, 5.74) is 3.00. The summed E-state index contributed by atoms with van der Waals surface area (Å²) in [7, 11) is 0. The SMILES string of the molecule is Cc1ccc(Cl)cc1NC(=O)CSc1nnc(-c2ccccc2O)n1-c1ccccc1. The predicted octanol–water partition coefficient (Wildman–Crippen LogP) is 5.33. The molecule has 156 valence electrons. The maximum atomic E-state index is 12.6. The Kier molecular flexibility index (Phi) is 6.25. The Balaban J connectivity index is 1.61. The number of nitrogens with zero attached hydrogens (tertiary/aromatic N) is 3. The number of rotatable bonds is 6. The minimum atomic E-state index is -0.179. The zero-order chi connectivity index (χ0) is 21.8. The fraction of sp³-hybridized carbons (Fsp3) is 0.0870. The summed E-state index contributed by atoms with van der Waals surface area (Å²) in [5.74, 6) is 0.565. The smallest absolute Gasteiger partial charge is 0.234 e. The van der Waals surface area contributed by atoms with Gasteiger partial charge in [0.2, 0.25) is 5.91 Å². The van der Waals surface area contributed by atoms with Crippen LogP contribution in [0.4, 0.5) is 5.69 Å². The quantitative estimate of drug-likeness (QED) is 0.388. The lowest BCUT2D eigenvalue weighted by molar-refractivity contribution is -0.113. The van der Waals surface area contributed by atoms with Crippen molar-refractivity contribution in [2.75, 3.05) is 11.1 Å². The summed E-state index contributed by atoms with van der Waals surface area (Å²) in [6.45, 7) is 1.91. The van der Waals surface area contributed by atoms with Gasteiger partial charge in [0.15, 0.2) is 11.0 Å². The molecule has 0 aliphatic rings. The van der Waals surface area contributed by atoms with Crippen molar-refractivity contribution in [2.24, 2.45) is 0 Å². The van der Waals surface area contributed by atoms with Crippen molar-refractivity contribution in [2.45, 2.75) is 12.1 Å². The molecular weight excluding hydrogens is 432 g/mol. The number of nitrogens with one attached hydrogen (secondary N) is 1. The number of phenols is 1. The van der Waals surface area contributed by atoms with Gasteiger partial charge in [-0.3, -0.25) is 9.36 Å². The molecule has 2 N–H and O–H groups in total. The van der Waals surface area contributed by atoms with Crippen molar-refractivity contribution in [3.8, 4) is 22.8 Å². The number of carbonyl (C=O) groups excluding carboxylic acids is 1. The highest BCUT2D eigenvalue weighted by Gasteiger charge is 2.19. The van der Waals surface area contributed by atoms with Crippen LogP contribution in [0.2, 0.25) is 5.02 Å². The number of aryl methyl sites for hydroxylation is 1. The van der Waals surface area contributed by atoms with Crippen molar-refractivity contribution in [3.05, 3.63) is 83.4 Å². The summed E-state index contributed by atoms with van der Waals surface area (Å²) < 4.78 is 1.83. The molecule has 0 spiro atoms. The molecule has 0 aliphatic carbocycles. The molecule has 8 heteroatoms. The molecule has 1 heterocycles. The van der Waals surface area contributed by atoms with Crippen LogP contribution in [0.5, 0.6) is 5.75 Å². The van der Waals surface area contributed by atoms with Crippen LogP contribution in [-0.4, -0.2) is 31.5 Å². The maximum absolute atomic E-state index is 12.6. The Morgan fingerprint density at radius 1 is 1.06 bits per heavy atom. The van der Waals surface area contributed by atoms with E-state index < -0.39 is 0 Å². The first-order valence-corrected chi connectivity index (χ1v) is 10.9. The van der Waals surface area contributed by atoms with Gasteiger partial charge in [0.1, 0.15) is 5.75 Å². The molecule has 0 saturated carbocycles. The third-order valence-electron chi connectivity index (χ3n) is 4.60. The summed E-state index contributed by atoms with van der Waals surface area (Å²) in [4.78, 5) is 12.6. The van der Waals surface area contributed by atoms with Crippen LogP contribution < -0.4 is 5.32 Å². The molecule has 31 heavy (non-hydrogen) atoms. The number of aromatic hydroxyl groups is 1. The molecule has 0 unspecified atom stereocenters. The largest absolute Gasteiger partial charge is 0.507 e. The third kappa shape index (κ3) is 4.73. The normalized spacial score (nSPS) is 10.8. The molecule has 0 atom stereocenters. The molecule has 0 fully saturated rings. The summed E-state index contributed by atoms with van der Waals surface area (Å²) >= 11 is 7.30. The minimum absolute atomic E-state index is 0.109. The number of amides is 1. The second-order valence-electron chi connectivity index (χ2n) is 6.79. The van der Waals surface area contributed by atoms with E-state index in [4.69, 9.17) is 11.6 Å². The van der Waals surface area contributed by atoms with Gasteiger partial charge in [0, 0.05) is 16.4 Å². The molecule has 0 aliphatic heterocycles. The lowest BCUT2D eigenvalue weighted by atomic mass is 10.2. The molecule has 0 saturated heterocycles. The van der Waals surface area contributed by atoms with Crippen LogP contribution >= 0.6 is 23.4 Å². The van der Waals surface area contributed by atoms with E-state index in [0.717, 1.165) is 11.3 Å². The average molecular weight is 451 g/mol. The van der Waals surface area contributed by atoms with E-state index in [-0.39, 0.29) is 17.4 Å². The number of carbonyl (C=O) groups is 1. The van der Waals surface area contributed by atoms with Crippen LogP contribution in [0, 0.1) is 6.92 Å². The van der Waals surface area contributed by atoms with Gasteiger partial charge in [-0.05, 0) is 48.9 Å². The number of anilines is 1. The van der Waals surface area contributed by atoms with Gasteiger partial charge in [-0.25, -0.2) is 0 Å². The first-order chi connectivity index (χ1) is 15.0. The standard InChI is InChI=1S/C23H19ClN4O2S/c1-15-11-12-16(24)13-19(15)25-21(30)14-31-23-27-26-22(18-9-5-6-10-20(18)29)28(23)17-7-3-2-4-8-17/h2-13,29H,14H2,1H3,(H,25,30). The van der Waals surface area contributed by atoms with E-state index >= 15 is 0 Å². The fourth-order valence-corrected chi connectivity index (χ4v) is 3.98. The number of para-hydroxylation sites is 2. The van der Waals surface area contributed by atoms with Crippen molar-refractivity contribution < 1.29 is 9.90 Å². The number of hydrogen-bond donors (Lipinski definition) is 2. The van der Waals surface area contributed by atoms with Gasteiger partial charge in [0.25, 0.3) is 0 Å². The van der Waals surface area contributed by atoms with Gasteiger partial charge in [0.05, 0.1) is 11.3 Å². The van der Waals surface area contributed by atoms with Gasteiger partial charge in [-0.2, -0.15) is 0 Å². The first kappa shape index (κ1) is 21.0. The van der Waals surface area contributed by atoms with Gasteiger partial charge in [-0.15, -0.1) is 10.2 Å². The molecule has 1 amide bonds. The highest BCUT2D eigenvalue weighted by molar-refractivity contribution is 7.99. The maximum Gasteiger partial charge on any atom is 0.234 e. The number of phenolic OH excluding ortho intramolecular Hbond substituents is 1. The number of thioether (sulfide) groups is 1. The van der Waals surface area contributed by atoms with Gasteiger partial charge >= 0.3 is 0 Å². The number of halogens is 1. The van der Waals surface area contributed by atoms with E-state index in [1.54, 1.807) is 30.3 Å². The second kappa shape index (κ2) is 9.24. The fourth-order valence-electron chi connectivity index (χ4n) is 3.06. The van der Waals surface area contributed by atoms with E-state index in [1.807, 2.05) is 54.0 Å². The van der Waals surface area contributed by atoms with Gasteiger partial charge < -0.3 is 10.4 Å². The monoisotopic (exact) mass is 450 g/mol. The van der Waals surface area contributed by atoms with E-state index in [9.17, 15) is 9.90 Å². The van der Waals surface area contributed by atoms with Crippen LogP contribution in [0.1, 0.15) is 5.56 Å². The topological polar surface area (TPSA) is 80.0 Å². The van der Waals surface area contributed by atoms with Crippen LogP contribution in [0.25, 0.3) is 17.1 Å². The van der Waals surface area contributed by atoms with Crippen LogP contribution in [-0.2, 0) is 4.79 Å². The van der Waals surface area contributed by atoms with Crippen LogP contribution in [0.15, 0.2) is 78.0 Å². The Bertz CT molecular complexity index is 1230. The van der Waals surface area contributed by atoms with E-state index in [2.05, 4.69) is 15.5 Å². The molecule has 0 radical (unpaired) electrons. The average Bonchev–Trinajstić information content (AvgIpc) is 3.19. The Hall–Kier alpha value is -3.29. The Morgan fingerprint density at radius 3 is 2.58 bits per heavy atom.